The Morgan fingerprint density at radius 2 is 0.758 bits per heavy atom. The van der Waals surface area contributed by atoms with Gasteiger partial charge in [-0.3, -0.25) is 9.59 Å². The maximum atomic E-state index is 12.1. The second-order valence-electron chi connectivity index (χ2n) is 10.3. The van der Waals surface area contributed by atoms with Gasteiger partial charge in [0, 0.05) is 0 Å². The quantitative estimate of drug-likeness (QED) is 0.133. The van der Waals surface area contributed by atoms with Gasteiger partial charge >= 0.3 is 11.9 Å². The number of hydrogen-bond acceptors (Lipinski definition) is 3. The number of carbonyl (C=O) groups is 2. The third-order valence-corrected chi connectivity index (χ3v) is 8.53. The molecule has 33 heavy (non-hydrogen) atoms. The minimum atomic E-state index is -1.05. The van der Waals surface area contributed by atoms with E-state index in [4.69, 9.17) is 0 Å². The van der Waals surface area contributed by atoms with E-state index in [9.17, 15) is 19.8 Å². The summed E-state index contributed by atoms with van der Waals surface area (Å²) in [6.07, 6.45) is 22.4. The Bertz CT molecular complexity index is 466. The second-order valence-corrected chi connectivity index (χ2v) is 12.3. The van der Waals surface area contributed by atoms with E-state index < -0.39 is 21.4 Å². The van der Waals surface area contributed by atoms with Crippen molar-refractivity contribution in [3.63, 3.8) is 0 Å². The van der Waals surface area contributed by atoms with Crippen molar-refractivity contribution in [2.45, 2.75) is 166 Å². The molecule has 0 saturated heterocycles. The molecule has 4 nitrogen and oxygen atoms in total. The van der Waals surface area contributed by atoms with Crippen molar-refractivity contribution < 1.29 is 19.8 Å². The van der Waals surface area contributed by atoms with E-state index in [0.29, 0.717) is 12.8 Å². The molecule has 2 atom stereocenters. The number of aliphatic carboxylic acids is 2. The van der Waals surface area contributed by atoms with E-state index in [1.807, 2.05) is 0 Å². The van der Waals surface area contributed by atoms with Gasteiger partial charge in [-0.1, -0.05) is 129 Å². The minimum Gasteiger partial charge on any atom is -0.480 e. The maximum absolute atomic E-state index is 12.1. The van der Waals surface area contributed by atoms with Crippen LogP contribution in [0, 0.1) is 0 Å². The monoisotopic (exact) mass is 486 g/mol. The summed E-state index contributed by atoms with van der Waals surface area (Å²) in [4.78, 5) is 24.2. The van der Waals surface area contributed by atoms with Gasteiger partial charge in [0.15, 0.2) is 0 Å². The van der Waals surface area contributed by atoms with Crippen molar-refractivity contribution >= 4 is 23.7 Å². The van der Waals surface area contributed by atoms with E-state index in [2.05, 4.69) is 13.8 Å². The van der Waals surface area contributed by atoms with Crippen LogP contribution in [-0.4, -0.2) is 31.6 Å². The van der Waals surface area contributed by atoms with Crippen molar-refractivity contribution in [2.24, 2.45) is 0 Å². The Labute approximate surface area is 209 Å². The summed E-state index contributed by atoms with van der Waals surface area (Å²) >= 11 is 1.17. The fourth-order valence-corrected chi connectivity index (χ4v) is 6.11. The summed E-state index contributed by atoms with van der Waals surface area (Å²) < 4.78 is -2.10. The Balaban J connectivity index is 4.39. The van der Waals surface area contributed by atoms with Gasteiger partial charge in [0.25, 0.3) is 0 Å². The molecule has 0 fully saturated rings. The van der Waals surface area contributed by atoms with Gasteiger partial charge in [0.2, 0.25) is 0 Å². The zero-order valence-electron chi connectivity index (χ0n) is 22.3. The van der Waals surface area contributed by atoms with Gasteiger partial charge in [-0.05, 0) is 26.7 Å². The Kier molecular flexibility index (Phi) is 19.2. The summed E-state index contributed by atoms with van der Waals surface area (Å²) in [6.45, 7) is 7.90. The summed E-state index contributed by atoms with van der Waals surface area (Å²) in [7, 11) is 0. The minimum absolute atomic E-state index is 0.531. The van der Waals surface area contributed by atoms with Gasteiger partial charge in [0.05, 0.1) is 0 Å². The zero-order chi connectivity index (χ0) is 25.0. The molecule has 0 aliphatic rings. The largest absolute Gasteiger partial charge is 0.480 e. The molecule has 0 saturated carbocycles. The molecule has 0 rings (SSSR count). The summed E-state index contributed by atoms with van der Waals surface area (Å²) in [6, 6.07) is 0. The fraction of sp³-hybridized carbons (Fsp3) is 0.929. The van der Waals surface area contributed by atoms with Crippen molar-refractivity contribution in [2.75, 3.05) is 0 Å². The number of carboxylic acid groups (broad SMARTS) is 2. The highest BCUT2D eigenvalue weighted by atomic mass is 32.2. The lowest BCUT2D eigenvalue weighted by molar-refractivity contribution is -0.139. The van der Waals surface area contributed by atoms with E-state index in [0.717, 1.165) is 38.5 Å². The van der Waals surface area contributed by atoms with Crippen molar-refractivity contribution in [3.05, 3.63) is 0 Å². The molecule has 0 aromatic rings. The smallest absolute Gasteiger partial charge is 0.319 e. The highest BCUT2D eigenvalue weighted by Crippen LogP contribution is 2.43. The molecule has 0 aromatic carbocycles. The SMILES string of the molecule is CCCCCCCCCCCC(C)(SC(C)(CCCCCCCCCCC)C(=O)O)C(=O)O. The molecule has 0 heterocycles. The predicted molar refractivity (Wildman–Crippen MR) is 143 cm³/mol. The number of hydrogen-bond donors (Lipinski definition) is 2. The molecule has 0 radical (unpaired) electrons. The van der Waals surface area contributed by atoms with E-state index >= 15 is 0 Å². The molecule has 0 aliphatic carbocycles. The Morgan fingerprint density at radius 3 is 1.00 bits per heavy atom. The van der Waals surface area contributed by atoms with Crippen LogP contribution in [0.15, 0.2) is 0 Å². The van der Waals surface area contributed by atoms with Crippen LogP contribution in [0.4, 0.5) is 0 Å². The van der Waals surface area contributed by atoms with Crippen LogP contribution in [0.3, 0.4) is 0 Å². The Morgan fingerprint density at radius 1 is 0.515 bits per heavy atom. The average molecular weight is 487 g/mol. The maximum Gasteiger partial charge on any atom is 0.319 e. The fourth-order valence-electron chi connectivity index (χ4n) is 4.45. The average Bonchev–Trinajstić information content (AvgIpc) is 2.76. The van der Waals surface area contributed by atoms with Gasteiger partial charge in [-0.15, -0.1) is 11.8 Å². The molecule has 0 spiro atoms. The second kappa shape index (κ2) is 19.6. The summed E-state index contributed by atoms with van der Waals surface area (Å²) in [5.41, 5.74) is 0. The van der Waals surface area contributed by atoms with Crippen LogP contribution in [0.25, 0.3) is 0 Å². The lowest BCUT2D eigenvalue weighted by Gasteiger charge is -2.34. The molecule has 2 N–H and O–H groups in total. The van der Waals surface area contributed by atoms with Crippen LogP contribution < -0.4 is 0 Å². The number of unbranched alkanes of at least 4 members (excludes halogenated alkanes) is 16. The Hall–Kier alpha value is -0.710. The molecule has 0 aliphatic heterocycles. The third kappa shape index (κ3) is 15.7. The van der Waals surface area contributed by atoms with Crippen LogP contribution in [0.2, 0.25) is 0 Å². The first-order chi connectivity index (χ1) is 15.7. The van der Waals surface area contributed by atoms with E-state index in [1.54, 1.807) is 13.8 Å². The third-order valence-electron chi connectivity index (χ3n) is 6.87. The first kappa shape index (κ1) is 32.3. The first-order valence-electron chi connectivity index (χ1n) is 13.9. The van der Waals surface area contributed by atoms with Gasteiger partial charge in [-0.25, -0.2) is 0 Å². The normalized spacial score (nSPS) is 15.2. The number of thioether (sulfide) groups is 1. The van der Waals surface area contributed by atoms with Gasteiger partial charge < -0.3 is 10.2 Å². The van der Waals surface area contributed by atoms with Crippen LogP contribution in [-0.2, 0) is 9.59 Å². The topological polar surface area (TPSA) is 74.6 Å². The highest BCUT2D eigenvalue weighted by molar-refractivity contribution is 8.03. The molecule has 0 aromatic heterocycles. The molecule has 0 bridgehead atoms. The van der Waals surface area contributed by atoms with Crippen LogP contribution >= 0.6 is 11.8 Å². The van der Waals surface area contributed by atoms with Crippen LogP contribution in [0.1, 0.15) is 156 Å². The van der Waals surface area contributed by atoms with Crippen molar-refractivity contribution in [3.8, 4) is 0 Å². The summed E-state index contributed by atoms with van der Waals surface area (Å²) in [5.74, 6) is -1.77. The van der Waals surface area contributed by atoms with E-state index in [1.165, 1.54) is 88.8 Å². The van der Waals surface area contributed by atoms with Crippen molar-refractivity contribution in [1.29, 1.82) is 0 Å². The first-order valence-corrected chi connectivity index (χ1v) is 14.7. The molecule has 0 amide bonds. The standard InChI is InChI=1S/C28H54O4S/c1-5-7-9-11-13-15-17-19-21-23-27(3,25(29)30)33-28(4,26(31)32)24-22-20-18-16-14-12-10-8-6-2/h5-24H2,1-4H3,(H,29,30)(H,31,32). The lowest BCUT2D eigenvalue weighted by Crippen LogP contribution is -2.42. The number of rotatable bonds is 24. The van der Waals surface area contributed by atoms with Crippen LogP contribution in [0.5, 0.6) is 0 Å². The van der Waals surface area contributed by atoms with E-state index in [-0.39, 0.29) is 0 Å². The number of carboxylic acids is 2. The van der Waals surface area contributed by atoms with Crippen molar-refractivity contribution in [1.82, 2.24) is 0 Å². The summed E-state index contributed by atoms with van der Waals surface area (Å²) in [5, 5.41) is 19.8. The lowest BCUT2D eigenvalue weighted by atomic mass is 9.99. The molecule has 5 heteroatoms. The molecular weight excluding hydrogens is 432 g/mol. The molecule has 2 unspecified atom stereocenters. The molecule has 196 valence electrons. The van der Waals surface area contributed by atoms with Gasteiger partial charge in [-0.2, -0.15) is 0 Å². The van der Waals surface area contributed by atoms with Gasteiger partial charge in [0.1, 0.15) is 9.49 Å². The highest BCUT2D eigenvalue weighted by Gasteiger charge is 2.45. The predicted octanol–water partition coefficient (Wildman–Crippen LogP) is 9.25. The molecular formula is C28H54O4S. The zero-order valence-corrected chi connectivity index (χ0v) is 23.1.